The van der Waals surface area contributed by atoms with Gasteiger partial charge in [-0.3, -0.25) is 4.57 Å². The van der Waals surface area contributed by atoms with Crippen LogP contribution in [0.4, 0.5) is 0 Å². The van der Waals surface area contributed by atoms with E-state index in [1.807, 2.05) is 86.6 Å². The van der Waals surface area contributed by atoms with E-state index >= 15 is 0 Å². The van der Waals surface area contributed by atoms with E-state index in [9.17, 15) is 9.12 Å². The standard InChI is InChI=1S/C22H22NO3PS/c1-17-13-15-21(16-14-17)28(25)23-18(2)22(19-9-5-3-6-10-19)26-27(23,24)20-11-7-4-8-12-20/h3-16,18,22H,1-2H3. The predicted octanol–water partition coefficient (Wildman–Crippen LogP) is 5.00. The summed E-state index contributed by atoms with van der Waals surface area (Å²) in [6, 6.07) is 25.9. The molecule has 4 nitrogen and oxygen atoms in total. The van der Waals surface area contributed by atoms with Crippen LogP contribution < -0.4 is 5.30 Å². The van der Waals surface area contributed by atoms with Gasteiger partial charge < -0.3 is 9.08 Å². The molecular formula is C22H22NO3PS. The molecule has 1 aliphatic heterocycles. The van der Waals surface area contributed by atoms with Gasteiger partial charge in [0.15, 0.2) is 4.90 Å². The van der Waals surface area contributed by atoms with E-state index in [2.05, 4.69) is 0 Å². The summed E-state index contributed by atoms with van der Waals surface area (Å²) in [6.07, 6.45) is -0.429. The van der Waals surface area contributed by atoms with Crippen molar-refractivity contribution >= 4 is 24.2 Å². The molecule has 3 aromatic carbocycles. The molecule has 1 heterocycles. The zero-order valence-corrected chi connectivity index (χ0v) is 17.5. The van der Waals surface area contributed by atoms with Crippen LogP contribution in [0, 0.1) is 6.92 Å². The SMILES string of the molecule is Cc1ccc([S+]([O-])N2C(C)C(c3ccccc3)OP2(=O)c2ccccc2)cc1. The highest BCUT2D eigenvalue weighted by Gasteiger charge is 2.56. The minimum Gasteiger partial charge on any atom is -0.592 e. The summed E-state index contributed by atoms with van der Waals surface area (Å²) in [5.74, 6) is 0. The summed E-state index contributed by atoms with van der Waals surface area (Å²) in [7, 11) is -3.51. The van der Waals surface area contributed by atoms with Crippen LogP contribution in [0.5, 0.6) is 0 Å². The van der Waals surface area contributed by atoms with Gasteiger partial charge in [-0.1, -0.05) is 66.2 Å². The normalized spacial score (nSPS) is 26.2. The average molecular weight is 411 g/mol. The van der Waals surface area contributed by atoms with Crippen molar-refractivity contribution in [2.24, 2.45) is 0 Å². The first-order valence-corrected chi connectivity index (χ1v) is 11.9. The molecule has 4 rings (SSSR count). The summed E-state index contributed by atoms with van der Waals surface area (Å²) in [5, 5.41) is 0.556. The maximum atomic E-state index is 14.1. The second-order valence-corrected chi connectivity index (χ2v) is 10.7. The van der Waals surface area contributed by atoms with E-state index in [-0.39, 0.29) is 6.04 Å². The largest absolute Gasteiger partial charge is 0.592 e. The van der Waals surface area contributed by atoms with Crippen LogP contribution in [0.2, 0.25) is 0 Å². The summed E-state index contributed by atoms with van der Waals surface area (Å²) >= 11 is -1.62. The average Bonchev–Trinajstić information content (AvgIpc) is 3.01. The highest BCUT2D eigenvalue weighted by molar-refractivity contribution is 7.96. The fourth-order valence-electron chi connectivity index (χ4n) is 3.43. The lowest BCUT2D eigenvalue weighted by molar-refractivity contribution is 0.218. The van der Waals surface area contributed by atoms with Gasteiger partial charge in [0, 0.05) is 0 Å². The van der Waals surface area contributed by atoms with Crippen molar-refractivity contribution in [2.45, 2.75) is 30.9 Å². The second-order valence-electron chi connectivity index (χ2n) is 6.90. The molecule has 28 heavy (non-hydrogen) atoms. The Bertz CT molecular complexity index is 982. The van der Waals surface area contributed by atoms with E-state index in [0.717, 1.165) is 11.1 Å². The second kappa shape index (κ2) is 7.86. The Kier molecular flexibility index (Phi) is 5.46. The van der Waals surface area contributed by atoms with E-state index in [1.165, 1.54) is 0 Å². The lowest BCUT2D eigenvalue weighted by Gasteiger charge is -2.26. The van der Waals surface area contributed by atoms with Gasteiger partial charge in [0.2, 0.25) is 0 Å². The van der Waals surface area contributed by atoms with Crippen LogP contribution in [-0.4, -0.2) is 14.7 Å². The zero-order valence-electron chi connectivity index (χ0n) is 15.8. The molecule has 6 heteroatoms. The Morgan fingerprint density at radius 1 is 0.929 bits per heavy atom. The molecular weight excluding hydrogens is 389 g/mol. The first kappa shape index (κ1) is 19.4. The van der Waals surface area contributed by atoms with Crippen molar-refractivity contribution in [2.75, 3.05) is 0 Å². The van der Waals surface area contributed by atoms with Crippen molar-refractivity contribution in [3.8, 4) is 0 Å². The monoisotopic (exact) mass is 411 g/mol. The van der Waals surface area contributed by atoms with Gasteiger partial charge >= 0.3 is 7.52 Å². The smallest absolute Gasteiger partial charge is 0.344 e. The summed E-state index contributed by atoms with van der Waals surface area (Å²) < 4.78 is 35.4. The van der Waals surface area contributed by atoms with Gasteiger partial charge in [-0.2, -0.15) is 0 Å². The topological polar surface area (TPSA) is 52.6 Å². The molecule has 0 spiro atoms. The van der Waals surface area contributed by atoms with Crippen molar-refractivity contribution in [3.63, 3.8) is 0 Å². The molecule has 1 fully saturated rings. The highest BCUT2D eigenvalue weighted by atomic mass is 32.2. The minimum absolute atomic E-state index is 0.324. The Balaban J connectivity index is 1.80. The summed E-state index contributed by atoms with van der Waals surface area (Å²) in [5.41, 5.74) is 2.01. The first-order valence-electron chi connectivity index (χ1n) is 9.18. The number of nitrogens with zero attached hydrogens (tertiary/aromatic N) is 1. The molecule has 0 aromatic heterocycles. The Morgan fingerprint density at radius 3 is 2.11 bits per heavy atom. The highest BCUT2D eigenvalue weighted by Crippen LogP contribution is 2.64. The van der Waals surface area contributed by atoms with Gasteiger partial charge in [-0.15, -0.1) is 0 Å². The fraction of sp³-hybridized carbons (Fsp3) is 0.182. The van der Waals surface area contributed by atoms with Crippen molar-refractivity contribution in [1.82, 2.24) is 4.08 Å². The van der Waals surface area contributed by atoms with Gasteiger partial charge in [-0.25, -0.2) is 0 Å². The van der Waals surface area contributed by atoms with Gasteiger partial charge in [-0.05, 0) is 47.8 Å². The molecule has 144 valence electrons. The van der Waals surface area contributed by atoms with Gasteiger partial charge in [0.1, 0.15) is 6.10 Å². The van der Waals surface area contributed by atoms with Crippen LogP contribution in [0.3, 0.4) is 0 Å². The number of benzene rings is 3. The van der Waals surface area contributed by atoms with Crippen LogP contribution in [0.25, 0.3) is 0 Å². The zero-order chi connectivity index (χ0) is 19.7. The predicted molar refractivity (Wildman–Crippen MR) is 113 cm³/mol. The summed E-state index contributed by atoms with van der Waals surface area (Å²) in [4.78, 5) is 0.617. The lowest BCUT2D eigenvalue weighted by atomic mass is 10.0. The molecule has 0 bridgehead atoms. The molecule has 1 aliphatic rings. The van der Waals surface area contributed by atoms with E-state index in [1.54, 1.807) is 16.2 Å². The third kappa shape index (κ3) is 3.45. The van der Waals surface area contributed by atoms with Crippen molar-refractivity contribution in [1.29, 1.82) is 0 Å². The third-order valence-electron chi connectivity index (χ3n) is 4.91. The van der Waals surface area contributed by atoms with Gasteiger partial charge in [0.25, 0.3) is 0 Å². The quantitative estimate of drug-likeness (QED) is 0.448. The molecule has 0 aliphatic carbocycles. The number of aryl methyl sites for hydroxylation is 1. The molecule has 4 unspecified atom stereocenters. The maximum Gasteiger partial charge on any atom is 0.344 e. The van der Waals surface area contributed by atoms with Crippen LogP contribution in [0.1, 0.15) is 24.2 Å². The van der Waals surface area contributed by atoms with E-state index in [4.69, 9.17) is 4.52 Å². The molecule has 0 radical (unpaired) electrons. The lowest BCUT2D eigenvalue weighted by Crippen LogP contribution is -2.35. The summed E-state index contributed by atoms with van der Waals surface area (Å²) in [6.45, 7) is 3.90. The number of hydrogen-bond donors (Lipinski definition) is 0. The molecule has 0 amide bonds. The Hall–Kier alpha value is -1.88. The Labute approximate surface area is 169 Å². The van der Waals surface area contributed by atoms with Gasteiger partial charge in [0.05, 0.1) is 22.7 Å². The van der Waals surface area contributed by atoms with Crippen molar-refractivity contribution in [3.05, 3.63) is 96.1 Å². The van der Waals surface area contributed by atoms with E-state index in [0.29, 0.717) is 10.2 Å². The molecule has 1 saturated heterocycles. The first-order chi connectivity index (χ1) is 13.5. The van der Waals surface area contributed by atoms with Crippen molar-refractivity contribution < 1.29 is 13.6 Å². The molecule has 4 atom stereocenters. The number of rotatable bonds is 4. The molecule has 3 aromatic rings. The maximum absolute atomic E-state index is 14.1. The third-order valence-corrected chi connectivity index (χ3v) is 9.69. The van der Waals surface area contributed by atoms with Crippen LogP contribution >= 0.6 is 7.52 Å². The van der Waals surface area contributed by atoms with Crippen LogP contribution in [-0.2, 0) is 20.5 Å². The van der Waals surface area contributed by atoms with Crippen LogP contribution in [0.15, 0.2) is 89.8 Å². The van der Waals surface area contributed by atoms with E-state index < -0.39 is 25.0 Å². The number of hydrogen-bond acceptors (Lipinski definition) is 3. The molecule has 0 saturated carbocycles. The molecule has 0 N–H and O–H groups in total. The minimum atomic E-state index is -3.51. The fourth-order valence-corrected chi connectivity index (χ4v) is 8.09. The Morgan fingerprint density at radius 2 is 1.50 bits per heavy atom.